The smallest absolute Gasteiger partial charge is 0.0453 e. The van der Waals surface area contributed by atoms with Crippen LogP contribution in [-0.4, -0.2) is 6.04 Å². The summed E-state index contributed by atoms with van der Waals surface area (Å²) < 4.78 is 0. The fraction of sp³-hybridized carbons (Fsp3) is 0.231. The fourth-order valence-corrected chi connectivity index (χ4v) is 3.00. The zero-order chi connectivity index (χ0) is 13.0. The van der Waals surface area contributed by atoms with Crippen molar-refractivity contribution in [2.75, 3.05) is 0 Å². The third-order valence-electron chi connectivity index (χ3n) is 2.78. The molecule has 0 aliphatic rings. The van der Waals surface area contributed by atoms with Crippen molar-refractivity contribution in [1.29, 1.82) is 0 Å². The molecule has 0 spiro atoms. The van der Waals surface area contributed by atoms with E-state index >= 15 is 0 Å². The Balaban J connectivity index is 2.05. The lowest BCUT2D eigenvalue weighted by Crippen LogP contribution is -2.38. The molecule has 96 valence electrons. The van der Waals surface area contributed by atoms with Crippen LogP contribution in [0.4, 0.5) is 0 Å². The van der Waals surface area contributed by atoms with Crippen LogP contribution in [0.2, 0.25) is 10.0 Å². The van der Waals surface area contributed by atoms with Crippen LogP contribution in [0, 0.1) is 0 Å². The minimum Gasteiger partial charge on any atom is -0.271 e. The van der Waals surface area contributed by atoms with E-state index < -0.39 is 0 Å². The Kier molecular flexibility index (Phi) is 5.03. The molecule has 0 saturated heterocycles. The number of rotatable bonds is 5. The van der Waals surface area contributed by atoms with Crippen molar-refractivity contribution in [3.05, 3.63) is 56.2 Å². The van der Waals surface area contributed by atoms with Gasteiger partial charge in [0.25, 0.3) is 0 Å². The highest BCUT2D eigenvalue weighted by Gasteiger charge is 2.11. The summed E-state index contributed by atoms with van der Waals surface area (Å²) in [5.74, 6) is 5.60. The van der Waals surface area contributed by atoms with Gasteiger partial charge >= 0.3 is 0 Å². The molecule has 1 atom stereocenters. The Morgan fingerprint density at radius 1 is 1.22 bits per heavy atom. The van der Waals surface area contributed by atoms with Crippen LogP contribution in [0.15, 0.2) is 35.0 Å². The maximum atomic E-state index is 6.16. The predicted molar refractivity (Wildman–Crippen MR) is 79.3 cm³/mol. The second kappa shape index (κ2) is 6.55. The zero-order valence-electron chi connectivity index (χ0n) is 9.70. The highest BCUT2D eigenvalue weighted by atomic mass is 35.5. The lowest BCUT2D eigenvalue weighted by Gasteiger charge is -2.16. The average Bonchev–Trinajstić information content (AvgIpc) is 2.84. The molecule has 2 nitrogen and oxygen atoms in total. The van der Waals surface area contributed by atoms with Crippen LogP contribution in [0.3, 0.4) is 0 Å². The Hall–Kier alpha value is -0.580. The molecule has 5 heteroatoms. The van der Waals surface area contributed by atoms with E-state index in [0.717, 1.165) is 18.4 Å². The van der Waals surface area contributed by atoms with Gasteiger partial charge in [-0.3, -0.25) is 11.3 Å². The summed E-state index contributed by atoms with van der Waals surface area (Å²) >= 11 is 13.7. The van der Waals surface area contributed by atoms with E-state index in [4.69, 9.17) is 29.0 Å². The summed E-state index contributed by atoms with van der Waals surface area (Å²) in [6.45, 7) is 0. The molecule has 1 aromatic carbocycles. The molecule has 2 rings (SSSR count). The van der Waals surface area contributed by atoms with Gasteiger partial charge < -0.3 is 0 Å². The molecule has 0 bridgehead atoms. The topological polar surface area (TPSA) is 38.0 Å². The van der Waals surface area contributed by atoms with Crippen LogP contribution < -0.4 is 11.3 Å². The quantitative estimate of drug-likeness (QED) is 0.653. The van der Waals surface area contributed by atoms with Gasteiger partial charge in [-0.1, -0.05) is 29.3 Å². The minimum atomic E-state index is 0.165. The van der Waals surface area contributed by atoms with Crippen LogP contribution >= 0.6 is 34.5 Å². The standard InChI is InChI=1S/C13H14Cl2N2S/c14-11-2-1-10(13(15)7-11)6-12(17-16)5-9-3-4-18-8-9/h1-4,7-8,12,17H,5-6,16H2. The van der Waals surface area contributed by atoms with E-state index in [9.17, 15) is 0 Å². The number of hydrazine groups is 1. The SMILES string of the molecule is NNC(Cc1ccsc1)Cc1ccc(Cl)cc1Cl. The van der Waals surface area contributed by atoms with Crippen molar-refractivity contribution in [2.24, 2.45) is 5.84 Å². The Morgan fingerprint density at radius 2 is 2.06 bits per heavy atom. The van der Waals surface area contributed by atoms with Crippen molar-refractivity contribution in [2.45, 2.75) is 18.9 Å². The molecule has 1 aromatic heterocycles. The van der Waals surface area contributed by atoms with Crippen LogP contribution in [0.1, 0.15) is 11.1 Å². The number of hydrogen-bond acceptors (Lipinski definition) is 3. The number of hydrogen-bond donors (Lipinski definition) is 2. The second-order valence-electron chi connectivity index (χ2n) is 4.14. The van der Waals surface area contributed by atoms with Gasteiger partial charge in [-0.15, -0.1) is 0 Å². The van der Waals surface area contributed by atoms with Gasteiger partial charge in [0, 0.05) is 16.1 Å². The second-order valence-corrected chi connectivity index (χ2v) is 5.76. The number of nitrogens with two attached hydrogens (primary N) is 1. The van der Waals surface area contributed by atoms with Crippen molar-refractivity contribution in [3.8, 4) is 0 Å². The lowest BCUT2D eigenvalue weighted by molar-refractivity contribution is 0.523. The lowest BCUT2D eigenvalue weighted by atomic mass is 10.0. The molecule has 0 aliphatic heterocycles. The molecule has 0 fully saturated rings. The van der Waals surface area contributed by atoms with Crippen LogP contribution in [-0.2, 0) is 12.8 Å². The van der Waals surface area contributed by atoms with Gasteiger partial charge in [0.2, 0.25) is 0 Å². The zero-order valence-corrected chi connectivity index (χ0v) is 12.0. The highest BCUT2D eigenvalue weighted by molar-refractivity contribution is 7.07. The molecule has 0 amide bonds. The summed E-state index contributed by atoms with van der Waals surface area (Å²) in [6.07, 6.45) is 1.67. The van der Waals surface area contributed by atoms with E-state index in [0.29, 0.717) is 10.0 Å². The van der Waals surface area contributed by atoms with Gasteiger partial charge in [0.15, 0.2) is 0 Å². The monoisotopic (exact) mass is 300 g/mol. The van der Waals surface area contributed by atoms with Gasteiger partial charge in [0.1, 0.15) is 0 Å². The highest BCUT2D eigenvalue weighted by Crippen LogP contribution is 2.22. The first-order valence-corrected chi connectivity index (χ1v) is 7.30. The summed E-state index contributed by atoms with van der Waals surface area (Å²) in [5.41, 5.74) is 5.18. The van der Waals surface area contributed by atoms with Crippen molar-refractivity contribution in [1.82, 2.24) is 5.43 Å². The summed E-state index contributed by atoms with van der Waals surface area (Å²) in [6, 6.07) is 7.83. The van der Waals surface area contributed by atoms with Crippen molar-refractivity contribution in [3.63, 3.8) is 0 Å². The molecular weight excluding hydrogens is 287 g/mol. The number of benzene rings is 1. The van der Waals surface area contributed by atoms with Crippen LogP contribution in [0.25, 0.3) is 0 Å². The Morgan fingerprint density at radius 3 is 2.67 bits per heavy atom. The normalized spacial score (nSPS) is 12.6. The van der Waals surface area contributed by atoms with Gasteiger partial charge in [-0.25, -0.2) is 0 Å². The third-order valence-corrected chi connectivity index (χ3v) is 4.10. The van der Waals surface area contributed by atoms with Crippen LogP contribution in [0.5, 0.6) is 0 Å². The maximum absolute atomic E-state index is 6.16. The van der Waals surface area contributed by atoms with E-state index in [-0.39, 0.29) is 6.04 Å². The number of halogens is 2. The largest absolute Gasteiger partial charge is 0.271 e. The molecule has 1 heterocycles. The van der Waals surface area contributed by atoms with E-state index in [2.05, 4.69) is 22.3 Å². The van der Waals surface area contributed by atoms with E-state index in [1.807, 2.05) is 12.1 Å². The summed E-state index contributed by atoms with van der Waals surface area (Å²) in [5, 5.41) is 5.54. The molecule has 1 unspecified atom stereocenters. The average molecular weight is 301 g/mol. The first-order chi connectivity index (χ1) is 8.69. The van der Waals surface area contributed by atoms with E-state index in [1.165, 1.54) is 5.56 Å². The summed E-state index contributed by atoms with van der Waals surface area (Å²) in [7, 11) is 0. The molecule has 3 N–H and O–H groups in total. The van der Waals surface area contributed by atoms with Crippen molar-refractivity contribution >= 4 is 34.5 Å². The first-order valence-electron chi connectivity index (χ1n) is 5.60. The van der Waals surface area contributed by atoms with Gasteiger partial charge in [-0.2, -0.15) is 11.3 Å². The molecule has 0 aliphatic carbocycles. The fourth-order valence-electron chi connectivity index (χ4n) is 1.84. The van der Waals surface area contributed by atoms with Crippen molar-refractivity contribution < 1.29 is 0 Å². The maximum Gasteiger partial charge on any atom is 0.0453 e. The Labute approximate surface area is 121 Å². The summed E-state index contributed by atoms with van der Waals surface area (Å²) in [4.78, 5) is 0. The molecular formula is C13H14Cl2N2S. The van der Waals surface area contributed by atoms with Gasteiger partial charge in [0.05, 0.1) is 0 Å². The third kappa shape index (κ3) is 3.70. The number of nitrogens with one attached hydrogen (secondary N) is 1. The predicted octanol–water partition coefficient (Wildman–Crippen LogP) is 3.67. The van der Waals surface area contributed by atoms with Gasteiger partial charge in [-0.05, 0) is 52.9 Å². The molecule has 18 heavy (non-hydrogen) atoms. The first kappa shape index (κ1) is 13.8. The number of thiophene rings is 1. The molecule has 2 aromatic rings. The van der Waals surface area contributed by atoms with E-state index in [1.54, 1.807) is 17.4 Å². The Bertz CT molecular complexity index is 500. The minimum absolute atomic E-state index is 0.165. The molecule has 0 saturated carbocycles. The molecule has 0 radical (unpaired) electrons.